The molecule has 6 nitrogen and oxygen atoms in total. The Kier molecular flexibility index (Phi) is 48.1. The lowest BCUT2D eigenvalue weighted by Crippen LogP contribution is -2.30. The van der Waals surface area contributed by atoms with Crippen LogP contribution in [-0.4, -0.2) is 37.2 Å². The van der Waals surface area contributed by atoms with Crippen LogP contribution < -0.4 is 0 Å². The van der Waals surface area contributed by atoms with E-state index in [4.69, 9.17) is 14.2 Å². The molecular formula is C58H112O6. The molecule has 0 N–H and O–H groups in total. The van der Waals surface area contributed by atoms with Gasteiger partial charge in [0.05, 0.1) is 0 Å². The highest BCUT2D eigenvalue weighted by Crippen LogP contribution is 2.18. The molecule has 0 saturated carbocycles. The molecule has 0 fully saturated rings. The first-order chi connectivity index (χ1) is 31.1. The van der Waals surface area contributed by atoms with Crippen molar-refractivity contribution in [3.05, 3.63) is 0 Å². The first-order valence-electron chi connectivity index (χ1n) is 28.6. The molecule has 0 aliphatic heterocycles. The zero-order valence-electron chi connectivity index (χ0n) is 44.1. The Hall–Kier alpha value is -1.59. The van der Waals surface area contributed by atoms with Crippen molar-refractivity contribution in [3.8, 4) is 0 Å². The quantitative estimate of drug-likeness (QED) is 0.0344. The van der Waals surface area contributed by atoms with E-state index in [2.05, 4.69) is 41.5 Å². The second-order valence-corrected chi connectivity index (χ2v) is 21.4. The molecule has 0 aromatic rings. The molecule has 0 aliphatic carbocycles. The molecule has 0 radical (unpaired) electrons. The number of carbonyl (C=O) groups is 3. The van der Waals surface area contributed by atoms with Crippen molar-refractivity contribution in [2.45, 2.75) is 324 Å². The fraction of sp³-hybridized carbons (Fsp3) is 0.948. The smallest absolute Gasteiger partial charge is 0.306 e. The fourth-order valence-electron chi connectivity index (χ4n) is 8.82. The summed E-state index contributed by atoms with van der Waals surface area (Å²) in [5.74, 6) is 1.63. The number of unbranched alkanes of at least 4 members (excludes halogenated alkanes) is 34. The highest BCUT2D eigenvalue weighted by Gasteiger charge is 2.19. The molecule has 0 aromatic carbocycles. The number of ether oxygens (including phenoxy) is 3. The zero-order valence-corrected chi connectivity index (χ0v) is 44.1. The summed E-state index contributed by atoms with van der Waals surface area (Å²) in [6.07, 6.45) is 51.0. The average molecular weight is 906 g/mol. The lowest BCUT2D eigenvalue weighted by Gasteiger charge is -2.18. The number of hydrogen-bond acceptors (Lipinski definition) is 6. The lowest BCUT2D eigenvalue weighted by molar-refractivity contribution is -0.167. The molecule has 0 unspecified atom stereocenters. The van der Waals surface area contributed by atoms with E-state index in [1.807, 2.05) is 0 Å². The molecular weight excluding hydrogens is 793 g/mol. The van der Waals surface area contributed by atoms with Crippen molar-refractivity contribution in [3.63, 3.8) is 0 Å². The summed E-state index contributed by atoms with van der Waals surface area (Å²) in [7, 11) is 0. The van der Waals surface area contributed by atoms with E-state index >= 15 is 0 Å². The van der Waals surface area contributed by atoms with Gasteiger partial charge in [0.2, 0.25) is 0 Å². The van der Waals surface area contributed by atoms with E-state index in [1.165, 1.54) is 199 Å². The molecule has 0 aromatic heterocycles. The van der Waals surface area contributed by atoms with Crippen LogP contribution in [0.4, 0.5) is 0 Å². The normalized spacial score (nSPS) is 12.1. The van der Waals surface area contributed by atoms with Gasteiger partial charge in [-0.2, -0.15) is 0 Å². The molecule has 64 heavy (non-hydrogen) atoms. The van der Waals surface area contributed by atoms with Crippen LogP contribution in [0.1, 0.15) is 318 Å². The van der Waals surface area contributed by atoms with E-state index in [0.29, 0.717) is 19.3 Å². The fourth-order valence-corrected chi connectivity index (χ4v) is 8.82. The van der Waals surface area contributed by atoms with E-state index in [9.17, 15) is 14.4 Å². The van der Waals surface area contributed by atoms with Gasteiger partial charge in [-0.15, -0.1) is 0 Å². The lowest BCUT2D eigenvalue weighted by atomic mass is 10.0. The van der Waals surface area contributed by atoms with Crippen LogP contribution in [0.25, 0.3) is 0 Å². The maximum Gasteiger partial charge on any atom is 0.306 e. The van der Waals surface area contributed by atoms with Crippen LogP contribution >= 0.6 is 0 Å². The van der Waals surface area contributed by atoms with Crippen molar-refractivity contribution in [2.75, 3.05) is 13.2 Å². The minimum absolute atomic E-state index is 0.0642. The Morgan fingerprint density at radius 2 is 0.453 bits per heavy atom. The molecule has 0 spiro atoms. The Morgan fingerprint density at radius 1 is 0.266 bits per heavy atom. The minimum Gasteiger partial charge on any atom is -0.462 e. The summed E-state index contributed by atoms with van der Waals surface area (Å²) in [6.45, 7) is 13.7. The summed E-state index contributed by atoms with van der Waals surface area (Å²) in [5, 5.41) is 0. The zero-order chi connectivity index (χ0) is 47.0. The number of carbonyl (C=O) groups excluding carboxylic acids is 3. The van der Waals surface area contributed by atoms with Gasteiger partial charge < -0.3 is 14.2 Å². The van der Waals surface area contributed by atoms with Crippen molar-refractivity contribution in [1.29, 1.82) is 0 Å². The number of esters is 3. The highest BCUT2D eigenvalue weighted by atomic mass is 16.6. The third-order valence-corrected chi connectivity index (χ3v) is 13.1. The van der Waals surface area contributed by atoms with Crippen molar-refractivity contribution < 1.29 is 28.6 Å². The largest absolute Gasteiger partial charge is 0.462 e. The average Bonchev–Trinajstić information content (AvgIpc) is 3.25. The van der Waals surface area contributed by atoms with Crippen molar-refractivity contribution in [1.82, 2.24) is 0 Å². The van der Waals surface area contributed by atoms with Gasteiger partial charge in [0.15, 0.2) is 6.10 Å². The van der Waals surface area contributed by atoms with Gasteiger partial charge in [-0.05, 0) is 37.0 Å². The Bertz CT molecular complexity index is 991. The summed E-state index contributed by atoms with van der Waals surface area (Å²) in [4.78, 5) is 38.1. The van der Waals surface area contributed by atoms with Gasteiger partial charge in [-0.1, -0.05) is 279 Å². The third kappa shape index (κ3) is 51.4. The Balaban J connectivity index is 4.24. The van der Waals surface area contributed by atoms with E-state index in [-0.39, 0.29) is 31.1 Å². The van der Waals surface area contributed by atoms with Crippen LogP contribution in [0.2, 0.25) is 0 Å². The first kappa shape index (κ1) is 62.4. The van der Waals surface area contributed by atoms with E-state index < -0.39 is 6.10 Å². The molecule has 0 aliphatic rings. The minimum atomic E-state index is -0.763. The van der Waals surface area contributed by atoms with Gasteiger partial charge >= 0.3 is 17.9 Å². The number of hydrogen-bond donors (Lipinski definition) is 0. The van der Waals surface area contributed by atoms with Gasteiger partial charge in [0.25, 0.3) is 0 Å². The third-order valence-electron chi connectivity index (χ3n) is 13.1. The van der Waals surface area contributed by atoms with Crippen LogP contribution in [0.3, 0.4) is 0 Å². The predicted molar refractivity (Wildman–Crippen MR) is 275 cm³/mol. The topological polar surface area (TPSA) is 78.9 Å². The van der Waals surface area contributed by atoms with E-state index in [0.717, 1.165) is 75.5 Å². The van der Waals surface area contributed by atoms with Gasteiger partial charge in [-0.25, -0.2) is 0 Å². The summed E-state index contributed by atoms with van der Waals surface area (Å²) >= 11 is 0. The first-order valence-corrected chi connectivity index (χ1v) is 28.6. The molecule has 6 heteroatoms. The predicted octanol–water partition coefficient (Wildman–Crippen LogP) is 18.7. The van der Waals surface area contributed by atoms with Crippen molar-refractivity contribution in [2.24, 2.45) is 17.8 Å². The van der Waals surface area contributed by atoms with Gasteiger partial charge in [-0.3, -0.25) is 14.4 Å². The van der Waals surface area contributed by atoms with E-state index in [1.54, 1.807) is 0 Å². The van der Waals surface area contributed by atoms with Crippen LogP contribution in [0, 0.1) is 17.8 Å². The Morgan fingerprint density at radius 3 is 0.672 bits per heavy atom. The Labute approximate surface area is 399 Å². The summed E-state index contributed by atoms with van der Waals surface area (Å²) in [5.41, 5.74) is 0. The SMILES string of the molecule is CC(C)CCCCCCCCCCCCCCCCCCCCC(=O)O[C@H](COC(=O)CCCCCCCCCCCCCC(C)C)COC(=O)CCCCCCCCCCC(C)C. The van der Waals surface area contributed by atoms with Crippen LogP contribution in [0.5, 0.6) is 0 Å². The standard InChI is InChI=1S/C58H112O6/c1-52(2)44-38-32-26-20-16-13-11-9-7-8-10-12-14-18-23-31-37-43-49-58(61)64-55(51-63-57(60)48-42-36-30-25-24-28-34-40-46-54(5)6)50-62-56(59)47-41-35-29-22-19-15-17-21-27-33-39-45-53(3)4/h52-55H,7-51H2,1-6H3/t55-/m1/s1. The molecule has 0 rings (SSSR count). The van der Waals surface area contributed by atoms with Gasteiger partial charge in [0.1, 0.15) is 13.2 Å². The highest BCUT2D eigenvalue weighted by molar-refractivity contribution is 5.71. The molecule has 0 heterocycles. The second-order valence-electron chi connectivity index (χ2n) is 21.4. The molecule has 1 atom stereocenters. The maximum atomic E-state index is 12.8. The molecule has 0 saturated heterocycles. The van der Waals surface area contributed by atoms with Gasteiger partial charge in [0, 0.05) is 19.3 Å². The molecule has 0 amide bonds. The second kappa shape index (κ2) is 49.3. The molecule has 0 bridgehead atoms. The monoisotopic (exact) mass is 905 g/mol. The summed E-state index contributed by atoms with van der Waals surface area (Å²) in [6, 6.07) is 0. The number of rotatable bonds is 51. The summed E-state index contributed by atoms with van der Waals surface area (Å²) < 4.78 is 16.9. The van der Waals surface area contributed by atoms with Crippen LogP contribution in [0.15, 0.2) is 0 Å². The van der Waals surface area contributed by atoms with Crippen LogP contribution in [-0.2, 0) is 28.6 Å². The van der Waals surface area contributed by atoms with Crippen molar-refractivity contribution >= 4 is 17.9 Å². The molecule has 380 valence electrons. The maximum absolute atomic E-state index is 12.8.